The zero-order valence-electron chi connectivity index (χ0n) is 17.1. The van der Waals surface area contributed by atoms with Crippen molar-refractivity contribution in [2.24, 2.45) is 0 Å². The van der Waals surface area contributed by atoms with E-state index < -0.39 is 0 Å². The van der Waals surface area contributed by atoms with Gasteiger partial charge in [-0.25, -0.2) is 0 Å². The summed E-state index contributed by atoms with van der Waals surface area (Å²) in [5.41, 5.74) is 2.98. The van der Waals surface area contributed by atoms with E-state index in [1.807, 2.05) is 32.6 Å². The van der Waals surface area contributed by atoms with Gasteiger partial charge in [0.25, 0.3) is 0 Å². The Morgan fingerprint density at radius 1 is 1.08 bits per heavy atom. The minimum atomic E-state index is 0.302. The van der Waals surface area contributed by atoms with Crippen LogP contribution in [0.15, 0.2) is 24.3 Å². The summed E-state index contributed by atoms with van der Waals surface area (Å²) in [4.78, 5) is 18.6. The highest BCUT2D eigenvalue weighted by molar-refractivity contribution is 5.77. The number of likely N-dealkylation sites (N-methyl/N-ethyl adjacent to an activating group) is 1. The van der Waals surface area contributed by atoms with Crippen molar-refractivity contribution in [2.75, 3.05) is 40.4 Å². The Balaban J connectivity index is 0.000000730. The second-order valence-electron chi connectivity index (χ2n) is 6.44. The summed E-state index contributed by atoms with van der Waals surface area (Å²) >= 11 is 0. The maximum atomic E-state index is 11.9. The predicted octanol–water partition coefficient (Wildman–Crippen LogP) is 3.26. The van der Waals surface area contributed by atoms with Crippen molar-refractivity contribution in [2.45, 2.75) is 53.0 Å². The average molecular weight is 348 g/mol. The Morgan fingerprint density at radius 3 is 2.20 bits per heavy atom. The lowest BCUT2D eigenvalue weighted by Gasteiger charge is -2.35. The molecule has 1 fully saturated rings. The number of carbonyl (C=O) groups is 1. The molecule has 0 spiro atoms. The van der Waals surface area contributed by atoms with Gasteiger partial charge in [0.05, 0.1) is 6.67 Å². The van der Waals surface area contributed by atoms with Gasteiger partial charge in [0.15, 0.2) is 0 Å². The molecule has 3 rings (SSSR count). The van der Waals surface area contributed by atoms with Gasteiger partial charge in [-0.2, -0.15) is 0 Å². The lowest BCUT2D eigenvalue weighted by Crippen LogP contribution is -2.49. The minimum absolute atomic E-state index is 0.302. The maximum absolute atomic E-state index is 11.9. The molecule has 25 heavy (non-hydrogen) atoms. The summed E-state index contributed by atoms with van der Waals surface area (Å²) in [6.07, 6.45) is 2.94. The molecule has 1 aromatic carbocycles. The van der Waals surface area contributed by atoms with E-state index >= 15 is 0 Å². The fraction of sp³-hybridized carbons (Fsp3) is 0.667. The van der Waals surface area contributed by atoms with Crippen LogP contribution in [0.1, 0.15) is 45.2 Å². The van der Waals surface area contributed by atoms with Gasteiger partial charge >= 0.3 is 0 Å². The van der Waals surface area contributed by atoms with Gasteiger partial charge in [-0.3, -0.25) is 9.69 Å². The molecule has 2 aliphatic rings. The van der Waals surface area contributed by atoms with Crippen LogP contribution in [0, 0.1) is 0 Å². The molecule has 0 radical (unpaired) electrons. The molecule has 142 valence electrons. The fourth-order valence-electron chi connectivity index (χ4n) is 3.39. The van der Waals surface area contributed by atoms with E-state index in [1.54, 1.807) is 0 Å². The van der Waals surface area contributed by atoms with Crippen LogP contribution in [0.4, 0.5) is 0 Å². The lowest BCUT2D eigenvalue weighted by molar-refractivity contribution is -0.137. The monoisotopic (exact) mass is 347 g/mol. The average Bonchev–Trinajstić information content (AvgIpc) is 3.10. The number of carbonyl (C=O) groups excluding carboxylic acids is 1. The summed E-state index contributed by atoms with van der Waals surface area (Å²) in [5.74, 6) is 0.302. The highest BCUT2D eigenvalue weighted by Gasteiger charge is 2.26. The number of rotatable bonds is 4. The van der Waals surface area contributed by atoms with E-state index in [9.17, 15) is 4.79 Å². The number of hydrogen-bond acceptors (Lipinski definition) is 3. The molecule has 4 heteroatoms. The molecule has 0 unspecified atom stereocenters. The van der Waals surface area contributed by atoms with E-state index in [4.69, 9.17) is 0 Å². The number of fused-ring (bicyclic) bond motifs is 1. The first kappa shape index (κ1) is 21.7. The molecule has 1 amide bonds. The van der Waals surface area contributed by atoms with Crippen LogP contribution < -0.4 is 0 Å². The second kappa shape index (κ2) is 11.3. The molecule has 0 N–H and O–H groups in total. The quantitative estimate of drug-likeness (QED) is 0.836. The fourth-order valence-corrected chi connectivity index (χ4v) is 3.39. The Bertz CT molecular complexity index is 493. The van der Waals surface area contributed by atoms with E-state index in [-0.39, 0.29) is 0 Å². The second-order valence-corrected chi connectivity index (χ2v) is 6.44. The Kier molecular flexibility index (Phi) is 9.76. The van der Waals surface area contributed by atoms with Gasteiger partial charge in [0.2, 0.25) is 5.91 Å². The SMILES string of the molecule is CC.CC.CN1CCC(=O)N(CCN(C)C2Cc3ccccc3C2)C1. The summed E-state index contributed by atoms with van der Waals surface area (Å²) < 4.78 is 0. The van der Waals surface area contributed by atoms with Gasteiger partial charge in [-0.1, -0.05) is 52.0 Å². The molecule has 1 aromatic rings. The largest absolute Gasteiger partial charge is 0.328 e. The van der Waals surface area contributed by atoms with Gasteiger partial charge in [0.1, 0.15) is 0 Å². The zero-order chi connectivity index (χ0) is 18.8. The normalized spacial score (nSPS) is 17.6. The Hall–Kier alpha value is -1.39. The van der Waals surface area contributed by atoms with Crippen LogP contribution in [-0.2, 0) is 17.6 Å². The van der Waals surface area contributed by atoms with Crippen molar-refractivity contribution in [3.8, 4) is 0 Å². The smallest absolute Gasteiger partial charge is 0.224 e. The zero-order valence-corrected chi connectivity index (χ0v) is 17.1. The van der Waals surface area contributed by atoms with Crippen molar-refractivity contribution in [3.05, 3.63) is 35.4 Å². The van der Waals surface area contributed by atoms with Crippen LogP contribution in [-0.4, -0.2) is 67.0 Å². The molecule has 1 aliphatic carbocycles. The molecule has 1 saturated heterocycles. The van der Waals surface area contributed by atoms with Gasteiger partial charge in [-0.05, 0) is 38.1 Å². The molecule has 4 nitrogen and oxygen atoms in total. The third-order valence-corrected chi connectivity index (χ3v) is 4.85. The lowest BCUT2D eigenvalue weighted by atomic mass is 10.1. The third-order valence-electron chi connectivity index (χ3n) is 4.85. The summed E-state index contributed by atoms with van der Waals surface area (Å²) in [6.45, 7) is 11.5. The maximum Gasteiger partial charge on any atom is 0.224 e. The van der Waals surface area contributed by atoms with Crippen molar-refractivity contribution >= 4 is 5.91 Å². The van der Waals surface area contributed by atoms with Crippen LogP contribution in [0.3, 0.4) is 0 Å². The van der Waals surface area contributed by atoms with Gasteiger partial charge < -0.3 is 9.80 Å². The standard InChI is InChI=1S/C17H25N3O.2C2H6/c1-18-8-7-17(21)20(13-18)10-9-19(2)16-11-14-5-3-4-6-15(14)12-16;2*1-2/h3-6,16H,7-13H2,1-2H3;2*1-2H3. The number of benzene rings is 1. The first-order valence-corrected chi connectivity index (χ1v) is 9.87. The molecule has 0 aromatic heterocycles. The van der Waals surface area contributed by atoms with Gasteiger partial charge in [-0.15, -0.1) is 0 Å². The van der Waals surface area contributed by atoms with Crippen LogP contribution in [0.25, 0.3) is 0 Å². The first-order chi connectivity index (χ1) is 12.1. The van der Waals surface area contributed by atoms with Crippen LogP contribution >= 0.6 is 0 Å². The molecular formula is C21H37N3O. The summed E-state index contributed by atoms with van der Waals surface area (Å²) in [5, 5.41) is 0. The molecule has 0 saturated carbocycles. The van der Waals surface area contributed by atoms with E-state index in [0.29, 0.717) is 18.4 Å². The number of amides is 1. The van der Waals surface area contributed by atoms with Crippen LogP contribution in [0.2, 0.25) is 0 Å². The number of hydrogen-bond donors (Lipinski definition) is 0. The minimum Gasteiger partial charge on any atom is -0.328 e. The Morgan fingerprint density at radius 2 is 1.64 bits per heavy atom. The van der Waals surface area contributed by atoms with E-state index in [0.717, 1.165) is 39.1 Å². The summed E-state index contributed by atoms with van der Waals surface area (Å²) in [7, 11) is 4.27. The van der Waals surface area contributed by atoms with Gasteiger partial charge in [0, 0.05) is 32.1 Å². The van der Waals surface area contributed by atoms with Crippen molar-refractivity contribution in [3.63, 3.8) is 0 Å². The third kappa shape index (κ3) is 6.12. The van der Waals surface area contributed by atoms with E-state index in [1.165, 1.54) is 11.1 Å². The molecular weight excluding hydrogens is 310 g/mol. The van der Waals surface area contributed by atoms with Crippen molar-refractivity contribution in [1.82, 2.24) is 14.7 Å². The molecule has 0 atom stereocenters. The highest BCUT2D eigenvalue weighted by atomic mass is 16.2. The van der Waals surface area contributed by atoms with Crippen molar-refractivity contribution < 1.29 is 4.79 Å². The first-order valence-electron chi connectivity index (χ1n) is 9.87. The summed E-state index contributed by atoms with van der Waals surface area (Å²) in [6, 6.07) is 9.32. The molecule has 1 heterocycles. The predicted molar refractivity (Wildman–Crippen MR) is 107 cm³/mol. The Labute approximate surface area is 154 Å². The van der Waals surface area contributed by atoms with E-state index in [2.05, 4.69) is 48.2 Å². The highest BCUT2D eigenvalue weighted by Crippen LogP contribution is 2.24. The van der Waals surface area contributed by atoms with Crippen molar-refractivity contribution in [1.29, 1.82) is 0 Å². The van der Waals surface area contributed by atoms with Crippen LogP contribution in [0.5, 0.6) is 0 Å². The molecule has 1 aliphatic heterocycles. The topological polar surface area (TPSA) is 26.8 Å². The molecule has 0 bridgehead atoms. The number of nitrogens with zero attached hydrogens (tertiary/aromatic N) is 3.